The predicted octanol–water partition coefficient (Wildman–Crippen LogP) is 1.87. The first kappa shape index (κ1) is 11.3. The molecule has 0 bridgehead atoms. The molecule has 1 amide bonds. The van der Waals surface area contributed by atoms with E-state index in [0.717, 1.165) is 12.1 Å². The van der Waals surface area contributed by atoms with E-state index in [2.05, 4.69) is 15.3 Å². The van der Waals surface area contributed by atoms with Gasteiger partial charge in [0.2, 0.25) is 11.9 Å². The molecule has 4 nitrogen and oxygen atoms in total. The number of anilines is 1. The minimum Gasteiger partial charge on any atom is -0.331 e. The Morgan fingerprint density at radius 1 is 1.35 bits per heavy atom. The molecule has 2 rings (SSSR count). The van der Waals surface area contributed by atoms with Crippen molar-refractivity contribution >= 4 is 11.9 Å². The Morgan fingerprint density at radius 3 is 2.82 bits per heavy atom. The largest absolute Gasteiger partial charge is 0.331 e. The quantitative estimate of drug-likeness (QED) is 0.856. The Hall–Kier alpha value is -2.24. The van der Waals surface area contributed by atoms with Crippen LogP contribution in [-0.4, -0.2) is 15.9 Å². The van der Waals surface area contributed by atoms with E-state index in [1.54, 1.807) is 6.20 Å². The van der Waals surface area contributed by atoms with Crippen molar-refractivity contribution < 1.29 is 13.6 Å². The second-order valence-electron chi connectivity index (χ2n) is 3.41. The summed E-state index contributed by atoms with van der Waals surface area (Å²) in [6.07, 6.45) is 3.01. The third kappa shape index (κ3) is 2.87. The minimum absolute atomic E-state index is 0.0438. The summed E-state index contributed by atoms with van der Waals surface area (Å²) in [5.74, 6) is -1.93. The molecule has 0 saturated heterocycles. The van der Waals surface area contributed by atoms with E-state index in [1.807, 2.05) is 0 Å². The number of nitrogens with one attached hydrogen (secondary N) is 2. The van der Waals surface area contributed by atoms with Gasteiger partial charge in [-0.25, -0.2) is 13.8 Å². The molecular formula is C11H9F2N3O. The lowest BCUT2D eigenvalue weighted by molar-refractivity contribution is -0.115. The third-order valence-corrected chi connectivity index (χ3v) is 2.10. The van der Waals surface area contributed by atoms with Crippen molar-refractivity contribution in [2.24, 2.45) is 0 Å². The van der Waals surface area contributed by atoms with Crippen LogP contribution in [0.1, 0.15) is 5.56 Å². The van der Waals surface area contributed by atoms with Crippen molar-refractivity contribution in [3.8, 4) is 0 Å². The van der Waals surface area contributed by atoms with E-state index in [-0.39, 0.29) is 12.3 Å². The minimum atomic E-state index is -0.965. The van der Waals surface area contributed by atoms with Crippen molar-refractivity contribution in [1.82, 2.24) is 9.97 Å². The number of H-pyrrole nitrogens is 1. The molecule has 0 aliphatic carbocycles. The van der Waals surface area contributed by atoms with Crippen LogP contribution in [-0.2, 0) is 11.2 Å². The van der Waals surface area contributed by atoms with Crippen molar-refractivity contribution in [3.63, 3.8) is 0 Å². The molecule has 0 spiro atoms. The fourth-order valence-corrected chi connectivity index (χ4v) is 1.34. The molecular weight excluding hydrogens is 228 g/mol. The summed E-state index contributed by atoms with van der Waals surface area (Å²) in [5, 5.41) is 2.48. The van der Waals surface area contributed by atoms with Gasteiger partial charge in [-0.2, -0.15) is 0 Å². The van der Waals surface area contributed by atoms with Gasteiger partial charge in [0.15, 0.2) is 11.6 Å². The van der Waals surface area contributed by atoms with Crippen LogP contribution in [0.2, 0.25) is 0 Å². The van der Waals surface area contributed by atoms with Crippen LogP contribution in [0.15, 0.2) is 30.6 Å². The lowest BCUT2D eigenvalue weighted by Crippen LogP contribution is -2.15. The number of carbonyl (C=O) groups is 1. The first-order valence-corrected chi connectivity index (χ1v) is 4.88. The molecule has 0 aliphatic heterocycles. The van der Waals surface area contributed by atoms with Gasteiger partial charge in [0, 0.05) is 12.4 Å². The number of rotatable bonds is 3. The number of nitrogens with zero attached hydrogens (tertiary/aromatic N) is 1. The summed E-state index contributed by atoms with van der Waals surface area (Å²) in [5.41, 5.74) is 0.396. The van der Waals surface area contributed by atoms with Crippen LogP contribution in [0.5, 0.6) is 0 Å². The smallest absolute Gasteiger partial charge is 0.231 e. The number of amides is 1. The average Bonchev–Trinajstić information content (AvgIpc) is 2.76. The van der Waals surface area contributed by atoms with Gasteiger partial charge >= 0.3 is 0 Å². The first-order chi connectivity index (χ1) is 8.15. The second kappa shape index (κ2) is 4.73. The number of carbonyl (C=O) groups excluding carboxylic acids is 1. The molecule has 0 unspecified atom stereocenters. The molecule has 0 fully saturated rings. The van der Waals surface area contributed by atoms with Crippen molar-refractivity contribution in [2.45, 2.75) is 6.42 Å². The Morgan fingerprint density at radius 2 is 2.18 bits per heavy atom. The highest BCUT2D eigenvalue weighted by Gasteiger charge is 2.08. The number of imidazole rings is 1. The van der Waals surface area contributed by atoms with Crippen molar-refractivity contribution in [2.75, 3.05) is 5.32 Å². The van der Waals surface area contributed by atoms with E-state index in [1.165, 1.54) is 12.3 Å². The number of aromatic nitrogens is 2. The fourth-order valence-electron chi connectivity index (χ4n) is 1.34. The monoisotopic (exact) mass is 237 g/mol. The maximum atomic E-state index is 12.9. The van der Waals surface area contributed by atoms with Gasteiger partial charge in [-0.3, -0.25) is 10.1 Å². The number of benzene rings is 1. The van der Waals surface area contributed by atoms with Gasteiger partial charge < -0.3 is 4.98 Å². The molecule has 0 atom stereocenters. The summed E-state index contributed by atoms with van der Waals surface area (Å²) in [6, 6.07) is 3.35. The molecule has 88 valence electrons. The molecule has 1 aromatic heterocycles. The molecule has 1 aromatic carbocycles. The van der Waals surface area contributed by atoms with Crippen LogP contribution < -0.4 is 5.32 Å². The summed E-state index contributed by atoms with van der Waals surface area (Å²) in [6.45, 7) is 0. The van der Waals surface area contributed by atoms with Gasteiger partial charge in [-0.05, 0) is 17.7 Å². The Labute approximate surface area is 95.7 Å². The topological polar surface area (TPSA) is 57.8 Å². The summed E-state index contributed by atoms with van der Waals surface area (Å²) in [4.78, 5) is 18.0. The summed E-state index contributed by atoms with van der Waals surface area (Å²) < 4.78 is 25.5. The van der Waals surface area contributed by atoms with Gasteiger partial charge in [0.05, 0.1) is 6.42 Å². The SMILES string of the molecule is O=C(Cc1ccc(F)c(F)c1)Nc1ncc[nH]1. The van der Waals surface area contributed by atoms with Crippen LogP contribution in [0.25, 0.3) is 0 Å². The molecule has 0 aliphatic rings. The van der Waals surface area contributed by atoms with Crippen molar-refractivity contribution in [3.05, 3.63) is 47.8 Å². The van der Waals surface area contributed by atoms with Gasteiger partial charge in [0.1, 0.15) is 0 Å². The predicted molar refractivity (Wildman–Crippen MR) is 57.3 cm³/mol. The third-order valence-electron chi connectivity index (χ3n) is 2.10. The molecule has 17 heavy (non-hydrogen) atoms. The molecule has 2 N–H and O–H groups in total. The highest BCUT2D eigenvalue weighted by atomic mass is 19.2. The van der Waals surface area contributed by atoms with Gasteiger partial charge in [-0.1, -0.05) is 6.07 Å². The van der Waals surface area contributed by atoms with E-state index in [0.29, 0.717) is 11.5 Å². The number of aromatic amines is 1. The van der Waals surface area contributed by atoms with Crippen LogP contribution >= 0.6 is 0 Å². The summed E-state index contributed by atoms with van der Waals surface area (Å²) in [7, 11) is 0. The zero-order valence-electron chi connectivity index (χ0n) is 8.71. The van der Waals surface area contributed by atoms with Gasteiger partial charge in [0.25, 0.3) is 0 Å². The highest BCUT2D eigenvalue weighted by Crippen LogP contribution is 2.09. The normalized spacial score (nSPS) is 10.2. The zero-order chi connectivity index (χ0) is 12.3. The van der Waals surface area contributed by atoms with Crippen LogP contribution in [0.4, 0.5) is 14.7 Å². The molecule has 1 heterocycles. The molecule has 2 aromatic rings. The van der Waals surface area contributed by atoms with Crippen molar-refractivity contribution in [1.29, 1.82) is 0 Å². The second-order valence-corrected chi connectivity index (χ2v) is 3.41. The fraction of sp³-hybridized carbons (Fsp3) is 0.0909. The Balaban J connectivity index is 2.00. The first-order valence-electron chi connectivity index (χ1n) is 4.88. The van der Waals surface area contributed by atoms with Crippen LogP contribution in [0.3, 0.4) is 0 Å². The maximum absolute atomic E-state index is 12.9. The lowest BCUT2D eigenvalue weighted by Gasteiger charge is -2.02. The maximum Gasteiger partial charge on any atom is 0.231 e. The molecule has 0 saturated carbocycles. The Kier molecular flexibility index (Phi) is 3.13. The number of hydrogen-bond donors (Lipinski definition) is 2. The lowest BCUT2D eigenvalue weighted by atomic mass is 10.1. The van der Waals surface area contributed by atoms with E-state index in [4.69, 9.17) is 0 Å². The summed E-state index contributed by atoms with van der Waals surface area (Å²) >= 11 is 0. The molecule has 0 radical (unpaired) electrons. The van der Waals surface area contributed by atoms with E-state index >= 15 is 0 Å². The molecule has 6 heteroatoms. The average molecular weight is 237 g/mol. The van der Waals surface area contributed by atoms with E-state index < -0.39 is 11.6 Å². The van der Waals surface area contributed by atoms with Crippen LogP contribution in [0, 0.1) is 11.6 Å². The standard InChI is InChI=1S/C11H9F2N3O/c12-8-2-1-7(5-9(8)13)6-10(17)16-11-14-3-4-15-11/h1-5H,6H2,(H2,14,15,16,17). The van der Waals surface area contributed by atoms with Gasteiger partial charge in [-0.15, -0.1) is 0 Å². The zero-order valence-corrected chi connectivity index (χ0v) is 8.71. The number of halogens is 2. The van der Waals surface area contributed by atoms with E-state index in [9.17, 15) is 13.6 Å². The Bertz CT molecular complexity index is 526. The number of hydrogen-bond acceptors (Lipinski definition) is 2. The highest BCUT2D eigenvalue weighted by molar-refractivity contribution is 5.90.